The minimum Gasteiger partial charge on any atom is -0.315 e. The predicted molar refractivity (Wildman–Crippen MR) is 240 cm³/mol. The summed E-state index contributed by atoms with van der Waals surface area (Å²) in [4.78, 5) is 4.63. The van der Waals surface area contributed by atoms with Gasteiger partial charge < -0.3 is 9.80 Å². The van der Waals surface area contributed by atoms with Gasteiger partial charge in [0.05, 0.1) is 23.3 Å². The van der Waals surface area contributed by atoms with E-state index in [0.29, 0.717) is 22.3 Å². The first-order valence-electron chi connectivity index (χ1n) is 20.0. The van der Waals surface area contributed by atoms with Crippen molar-refractivity contribution in [1.82, 2.24) is 0 Å². The fraction of sp³-hybridized carbons (Fsp3) is 0.170. The van der Waals surface area contributed by atoms with Gasteiger partial charge in [-0.2, -0.15) is 10.5 Å². The summed E-state index contributed by atoms with van der Waals surface area (Å²) in [6, 6.07) is 44.6. The highest BCUT2D eigenvalue weighted by Crippen LogP contribution is 2.36. The molecule has 2 aliphatic carbocycles. The zero-order valence-electron chi connectivity index (χ0n) is 32.9. The molecule has 0 bridgehead atoms. The Kier molecular flexibility index (Phi) is 12.6. The molecule has 0 spiro atoms. The largest absolute Gasteiger partial charge is 0.315 e. The van der Waals surface area contributed by atoms with E-state index in [1.807, 2.05) is 42.5 Å². The van der Waals surface area contributed by atoms with Crippen molar-refractivity contribution < 1.29 is 0 Å². The summed E-state index contributed by atoms with van der Waals surface area (Å²) in [6.45, 7) is 4.41. The highest BCUT2D eigenvalue weighted by atomic mass is 15.2. The molecule has 7 rings (SSSR count). The van der Waals surface area contributed by atoms with Crippen molar-refractivity contribution in [2.24, 2.45) is 0 Å². The van der Waals surface area contributed by atoms with Crippen LogP contribution in [0.2, 0.25) is 0 Å². The Morgan fingerprint density at radius 2 is 1.18 bits per heavy atom. The summed E-state index contributed by atoms with van der Waals surface area (Å²) >= 11 is 0. The minimum absolute atomic E-state index is 0.518. The molecule has 0 saturated heterocycles. The standard InChI is InChI=1S/C53H48N4/c1-3-4-11-41-20-30-51(31-21-41)57(49-14-9-6-10-15-49)53-34-24-43(25-35-53)19-27-45-37-46(38-54)44(36-47(45)39-55)26-18-42-22-32-52(33-23-42)56(48-12-7-5-8-13-48)50-28-16-40(2)17-29-50/h6-7,9-10,12-16,18-28,30-37H,3-5,8,11,17,29H2,1-2H3. The molecule has 0 atom stereocenters. The number of para-hydroxylation sites is 1. The third-order valence-corrected chi connectivity index (χ3v) is 10.6. The Bertz CT molecular complexity index is 2440. The lowest BCUT2D eigenvalue weighted by atomic mass is 9.97. The van der Waals surface area contributed by atoms with Crippen molar-refractivity contribution >= 4 is 47.1 Å². The van der Waals surface area contributed by atoms with Crippen LogP contribution in [0.5, 0.6) is 0 Å². The van der Waals surface area contributed by atoms with Crippen LogP contribution < -0.4 is 9.80 Å². The number of nitriles is 2. The summed E-state index contributed by atoms with van der Waals surface area (Å²) in [6.07, 6.45) is 26.8. The quantitative estimate of drug-likeness (QED) is 0.113. The first-order chi connectivity index (χ1) is 28.0. The number of rotatable bonds is 13. The average Bonchev–Trinajstić information content (AvgIpc) is 3.27. The van der Waals surface area contributed by atoms with Crippen LogP contribution in [0.15, 0.2) is 163 Å². The van der Waals surface area contributed by atoms with Crippen molar-refractivity contribution in [1.29, 1.82) is 10.5 Å². The molecule has 5 aromatic carbocycles. The third kappa shape index (κ3) is 9.50. The molecule has 0 fully saturated rings. The van der Waals surface area contributed by atoms with Gasteiger partial charge in [0.25, 0.3) is 0 Å². The highest BCUT2D eigenvalue weighted by Gasteiger charge is 2.18. The summed E-state index contributed by atoms with van der Waals surface area (Å²) in [5.74, 6) is 0. The summed E-state index contributed by atoms with van der Waals surface area (Å²) in [5.41, 5.74) is 14.1. The van der Waals surface area contributed by atoms with E-state index in [0.717, 1.165) is 66.0 Å². The third-order valence-electron chi connectivity index (χ3n) is 10.6. The van der Waals surface area contributed by atoms with E-state index in [4.69, 9.17) is 0 Å². The van der Waals surface area contributed by atoms with Gasteiger partial charge in [-0.05, 0) is 146 Å². The summed E-state index contributed by atoms with van der Waals surface area (Å²) in [5, 5.41) is 20.3. The molecule has 0 radical (unpaired) electrons. The molecular formula is C53H48N4. The lowest BCUT2D eigenvalue weighted by Gasteiger charge is -2.31. The number of unbranched alkanes of at least 4 members (excludes halogenated alkanes) is 1. The molecule has 0 aliphatic heterocycles. The fourth-order valence-electron chi connectivity index (χ4n) is 7.32. The van der Waals surface area contributed by atoms with Crippen molar-refractivity contribution in [2.75, 3.05) is 9.80 Å². The van der Waals surface area contributed by atoms with E-state index in [1.165, 1.54) is 35.4 Å². The second kappa shape index (κ2) is 18.6. The van der Waals surface area contributed by atoms with Crippen molar-refractivity contribution in [3.8, 4) is 12.1 Å². The first-order valence-corrected chi connectivity index (χ1v) is 20.0. The van der Waals surface area contributed by atoms with Gasteiger partial charge >= 0.3 is 0 Å². The molecule has 4 heteroatoms. The maximum absolute atomic E-state index is 10.2. The lowest BCUT2D eigenvalue weighted by Crippen LogP contribution is -2.22. The number of anilines is 4. The maximum atomic E-state index is 10.2. The smallest absolute Gasteiger partial charge is 0.0998 e. The summed E-state index contributed by atoms with van der Waals surface area (Å²) < 4.78 is 0. The Hall–Kier alpha value is -6.88. The van der Waals surface area contributed by atoms with Crippen LogP contribution in [-0.2, 0) is 6.42 Å². The number of aryl methyl sites for hydroxylation is 1. The van der Waals surface area contributed by atoms with E-state index in [1.54, 1.807) is 0 Å². The van der Waals surface area contributed by atoms with Crippen LogP contribution in [0.1, 0.15) is 91.3 Å². The molecule has 57 heavy (non-hydrogen) atoms. The number of hydrogen-bond donors (Lipinski definition) is 0. The van der Waals surface area contributed by atoms with Gasteiger partial charge in [-0.1, -0.05) is 116 Å². The molecular weight excluding hydrogens is 693 g/mol. The number of nitrogens with zero attached hydrogens (tertiary/aromatic N) is 4. The molecule has 4 nitrogen and oxygen atoms in total. The van der Waals surface area contributed by atoms with Crippen LogP contribution in [0.25, 0.3) is 24.3 Å². The van der Waals surface area contributed by atoms with E-state index < -0.39 is 0 Å². The topological polar surface area (TPSA) is 54.1 Å². The van der Waals surface area contributed by atoms with Crippen LogP contribution in [0.3, 0.4) is 0 Å². The zero-order chi connectivity index (χ0) is 39.4. The van der Waals surface area contributed by atoms with Crippen LogP contribution in [0, 0.1) is 22.7 Å². The molecule has 0 heterocycles. The Morgan fingerprint density at radius 1 is 0.614 bits per heavy atom. The molecule has 0 N–H and O–H groups in total. The lowest BCUT2D eigenvalue weighted by molar-refractivity contribution is 0.795. The molecule has 0 aromatic heterocycles. The van der Waals surface area contributed by atoms with Crippen LogP contribution in [-0.4, -0.2) is 0 Å². The van der Waals surface area contributed by atoms with Gasteiger partial charge in [0.2, 0.25) is 0 Å². The van der Waals surface area contributed by atoms with E-state index in [2.05, 4.69) is 163 Å². The maximum Gasteiger partial charge on any atom is 0.0998 e. The van der Waals surface area contributed by atoms with Crippen LogP contribution in [0.4, 0.5) is 22.7 Å². The normalized spacial score (nSPS) is 13.8. The Balaban J connectivity index is 1.09. The van der Waals surface area contributed by atoms with Crippen molar-refractivity contribution in [2.45, 2.75) is 58.8 Å². The molecule has 0 unspecified atom stereocenters. The van der Waals surface area contributed by atoms with E-state index in [-0.39, 0.29) is 0 Å². The van der Waals surface area contributed by atoms with Crippen LogP contribution >= 0.6 is 0 Å². The monoisotopic (exact) mass is 740 g/mol. The van der Waals surface area contributed by atoms with E-state index in [9.17, 15) is 10.5 Å². The molecule has 0 saturated carbocycles. The molecule has 5 aromatic rings. The minimum atomic E-state index is 0.518. The Labute approximate surface area is 338 Å². The molecule has 0 amide bonds. The van der Waals surface area contributed by atoms with Gasteiger partial charge in [0, 0.05) is 34.1 Å². The van der Waals surface area contributed by atoms with Gasteiger partial charge in [-0.25, -0.2) is 0 Å². The fourth-order valence-corrected chi connectivity index (χ4v) is 7.32. The second-order valence-corrected chi connectivity index (χ2v) is 14.7. The van der Waals surface area contributed by atoms with E-state index >= 15 is 0 Å². The van der Waals surface area contributed by atoms with Gasteiger partial charge in [0.1, 0.15) is 0 Å². The summed E-state index contributed by atoms with van der Waals surface area (Å²) in [7, 11) is 0. The van der Waals surface area contributed by atoms with Gasteiger partial charge in [-0.15, -0.1) is 0 Å². The highest BCUT2D eigenvalue weighted by molar-refractivity contribution is 5.81. The number of hydrogen-bond acceptors (Lipinski definition) is 4. The average molecular weight is 741 g/mol. The number of allylic oxidation sites excluding steroid dienone is 7. The number of benzene rings is 5. The SMILES string of the molecule is CCCCc1ccc(N(c2ccccc2)c2ccc(C=Cc3cc(C#N)c(C=Cc4ccc(N(C5=CCCC=C5)C5=CC=C(C)CC5)cc4)cc3C#N)cc2)cc1. The first kappa shape index (κ1) is 38.4. The van der Waals surface area contributed by atoms with Gasteiger partial charge in [0.15, 0.2) is 0 Å². The molecule has 280 valence electrons. The molecule has 2 aliphatic rings. The predicted octanol–water partition coefficient (Wildman–Crippen LogP) is 14.2. The van der Waals surface area contributed by atoms with Gasteiger partial charge in [-0.3, -0.25) is 0 Å². The van der Waals surface area contributed by atoms with Crippen molar-refractivity contribution in [3.63, 3.8) is 0 Å². The van der Waals surface area contributed by atoms with Crippen molar-refractivity contribution in [3.05, 3.63) is 202 Å². The Morgan fingerprint density at radius 3 is 1.68 bits per heavy atom. The second-order valence-electron chi connectivity index (χ2n) is 14.7. The zero-order valence-corrected chi connectivity index (χ0v) is 32.9.